The summed E-state index contributed by atoms with van der Waals surface area (Å²) >= 11 is 0. The summed E-state index contributed by atoms with van der Waals surface area (Å²) in [7, 11) is 0. The predicted molar refractivity (Wildman–Crippen MR) is 165 cm³/mol. The number of hydrogen-bond donors (Lipinski definition) is 2. The third-order valence-corrected chi connectivity index (χ3v) is 8.98. The number of carbonyl (C=O) groups is 1. The van der Waals surface area contributed by atoms with Crippen molar-refractivity contribution < 1.29 is 24.5 Å². The van der Waals surface area contributed by atoms with Crippen LogP contribution in [0.1, 0.15) is 174 Å². The highest BCUT2D eigenvalue weighted by Crippen LogP contribution is 2.28. The standard InChI is InChI=1S/C35H64O5/c1-3-4-5-6-7-8-12-15-18-21-24-31(36)33-26-27-34(40-33)32(37)25-22-19-16-13-10-9-11-14-17-20-23-30-28-29(2)39-35(30)38/h28-29,31-34,36-37H,3-27H2,1-2H3/t29-,31-,32+,33-,34+/m1/s1. The molecule has 5 atom stereocenters. The van der Waals surface area contributed by atoms with Crippen LogP contribution in [0.5, 0.6) is 0 Å². The lowest BCUT2D eigenvalue weighted by Crippen LogP contribution is -2.31. The highest BCUT2D eigenvalue weighted by Gasteiger charge is 2.34. The van der Waals surface area contributed by atoms with Crippen molar-refractivity contribution in [2.24, 2.45) is 0 Å². The molecule has 0 aromatic rings. The zero-order chi connectivity index (χ0) is 28.8. The van der Waals surface area contributed by atoms with Crippen molar-refractivity contribution in [1.82, 2.24) is 0 Å². The maximum Gasteiger partial charge on any atom is 0.334 e. The zero-order valence-corrected chi connectivity index (χ0v) is 26.3. The van der Waals surface area contributed by atoms with E-state index in [0.29, 0.717) is 0 Å². The van der Waals surface area contributed by atoms with Crippen molar-refractivity contribution in [3.8, 4) is 0 Å². The lowest BCUT2D eigenvalue weighted by atomic mass is 10.00. The molecule has 0 saturated carbocycles. The minimum absolute atomic E-state index is 0.0443. The van der Waals surface area contributed by atoms with Crippen LogP contribution in [0.2, 0.25) is 0 Å². The van der Waals surface area contributed by atoms with Gasteiger partial charge in [-0.2, -0.15) is 0 Å². The summed E-state index contributed by atoms with van der Waals surface area (Å²) in [6, 6.07) is 0. The van der Waals surface area contributed by atoms with Crippen molar-refractivity contribution >= 4 is 5.97 Å². The topological polar surface area (TPSA) is 76.0 Å². The molecular formula is C35H64O5. The smallest absolute Gasteiger partial charge is 0.334 e. The van der Waals surface area contributed by atoms with Gasteiger partial charge in [0.1, 0.15) is 6.10 Å². The van der Waals surface area contributed by atoms with Crippen LogP contribution in [0.4, 0.5) is 0 Å². The number of hydrogen-bond acceptors (Lipinski definition) is 5. The van der Waals surface area contributed by atoms with E-state index in [2.05, 4.69) is 6.92 Å². The summed E-state index contributed by atoms with van der Waals surface area (Å²) in [6.07, 6.45) is 30.5. The lowest BCUT2D eigenvalue weighted by molar-refractivity contribution is -0.139. The quantitative estimate of drug-likeness (QED) is 0.0809. The number of unbranched alkanes of at least 4 members (excludes halogenated alkanes) is 18. The maximum atomic E-state index is 11.6. The van der Waals surface area contributed by atoms with E-state index in [4.69, 9.17) is 9.47 Å². The van der Waals surface area contributed by atoms with Crippen LogP contribution in [0.3, 0.4) is 0 Å². The predicted octanol–water partition coefficient (Wildman–Crippen LogP) is 9.12. The van der Waals surface area contributed by atoms with Gasteiger partial charge in [-0.1, -0.05) is 129 Å². The number of aliphatic hydroxyl groups is 2. The minimum Gasteiger partial charge on any atom is -0.455 e. The largest absolute Gasteiger partial charge is 0.455 e. The van der Waals surface area contributed by atoms with Gasteiger partial charge in [0.25, 0.3) is 0 Å². The molecule has 1 fully saturated rings. The van der Waals surface area contributed by atoms with Gasteiger partial charge in [0.2, 0.25) is 0 Å². The van der Waals surface area contributed by atoms with E-state index in [1.165, 1.54) is 109 Å². The van der Waals surface area contributed by atoms with Gasteiger partial charge in [-0.05, 0) is 51.5 Å². The van der Waals surface area contributed by atoms with E-state index >= 15 is 0 Å². The third kappa shape index (κ3) is 15.9. The Hall–Kier alpha value is -0.910. The minimum atomic E-state index is -0.389. The average Bonchev–Trinajstić information content (AvgIpc) is 3.56. The summed E-state index contributed by atoms with van der Waals surface area (Å²) in [5.41, 5.74) is 0.870. The first-order valence-electron chi connectivity index (χ1n) is 17.4. The van der Waals surface area contributed by atoms with Crippen LogP contribution < -0.4 is 0 Å². The van der Waals surface area contributed by atoms with E-state index in [9.17, 15) is 15.0 Å². The second kappa shape index (κ2) is 22.7. The van der Waals surface area contributed by atoms with Crippen molar-refractivity contribution in [1.29, 1.82) is 0 Å². The van der Waals surface area contributed by atoms with E-state index in [-0.39, 0.29) is 36.5 Å². The molecule has 0 bridgehead atoms. The zero-order valence-electron chi connectivity index (χ0n) is 26.3. The molecule has 2 aliphatic heterocycles. The summed E-state index contributed by atoms with van der Waals surface area (Å²) in [5.74, 6) is -0.117. The molecule has 2 rings (SSSR count). The number of rotatable bonds is 26. The Morgan fingerprint density at radius 2 is 1.07 bits per heavy atom. The van der Waals surface area contributed by atoms with E-state index < -0.39 is 0 Å². The summed E-state index contributed by atoms with van der Waals surface area (Å²) in [5, 5.41) is 21.2. The van der Waals surface area contributed by atoms with Gasteiger partial charge in [-0.15, -0.1) is 0 Å². The second-order valence-corrected chi connectivity index (χ2v) is 12.8. The van der Waals surface area contributed by atoms with Crippen LogP contribution in [-0.2, 0) is 14.3 Å². The van der Waals surface area contributed by atoms with Gasteiger partial charge in [0, 0.05) is 5.57 Å². The Morgan fingerprint density at radius 3 is 1.48 bits per heavy atom. The van der Waals surface area contributed by atoms with Crippen LogP contribution >= 0.6 is 0 Å². The molecule has 0 aliphatic carbocycles. The lowest BCUT2D eigenvalue weighted by Gasteiger charge is -2.22. The molecule has 0 amide bonds. The van der Waals surface area contributed by atoms with Gasteiger partial charge in [0.05, 0.1) is 24.4 Å². The summed E-state index contributed by atoms with van der Waals surface area (Å²) in [6.45, 7) is 4.18. The highest BCUT2D eigenvalue weighted by molar-refractivity contribution is 5.90. The molecule has 1 saturated heterocycles. The number of carbonyl (C=O) groups excluding carboxylic acids is 1. The van der Waals surface area contributed by atoms with Gasteiger partial charge >= 0.3 is 5.97 Å². The second-order valence-electron chi connectivity index (χ2n) is 12.8. The van der Waals surface area contributed by atoms with Crippen molar-refractivity contribution in [2.75, 3.05) is 0 Å². The number of ether oxygens (including phenoxy) is 2. The fourth-order valence-electron chi connectivity index (χ4n) is 6.37. The summed E-state index contributed by atoms with van der Waals surface area (Å²) in [4.78, 5) is 11.6. The number of cyclic esters (lactones) is 1. The first kappa shape index (κ1) is 35.3. The molecule has 5 heteroatoms. The van der Waals surface area contributed by atoms with Crippen LogP contribution in [0, 0.1) is 0 Å². The monoisotopic (exact) mass is 564 g/mol. The molecule has 0 unspecified atom stereocenters. The Kier molecular flexibility index (Phi) is 20.0. The Morgan fingerprint density at radius 1 is 0.675 bits per heavy atom. The molecule has 0 spiro atoms. The fourth-order valence-corrected chi connectivity index (χ4v) is 6.37. The third-order valence-electron chi connectivity index (χ3n) is 8.98. The molecule has 5 nitrogen and oxygen atoms in total. The van der Waals surface area contributed by atoms with Gasteiger partial charge in [0.15, 0.2) is 0 Å². The number of aliphatic hydroxyl groups excluding tert-OH is 2. The molecular weight excluding hydrogens is 500 g/mol. The Labute approximate surface area is 246 Å². The average molecular weight is 565 g/mol. The molecule has 0 radical (unpaired) electrons. The molecule has 2 N–H and O–H groups in total. The van der Waals surface area contributed by atoms with Gasteiger partial charge < -0.3 is 19.7 Å². The SMILES string of the molecule is CCCCCCCCCCCC[C@@H](O)[C@H]1CC[C@@H]([C@@H](O)CCCCCCCCCCCCC2=C[C@@H](C)OC2=O)O1. The summed E-state index contributed by atoms with van der Waals surface area (Å²) < 4.78 is 11.2. The first-order chi connectivity index (χ1) is 19.5. The molecule has 234 valence electrons. The fraction of sp³-hybridized carbons (Fsp3) is 0.914. The maximum absolute atomic E-state index is 11.6. The van der Waals surface area contributed by atoms with Crippen LogP contribution in [0.25, 0.3) is 0 Å². The normalized spacial score (nSPS) is 22.4. The molecule has 2 aliphatic rings. The molecule has 40 heavy (non-hydrogen) atoms. The van der Waals surface area contributed by atoms with E-state index in [1.807, 2.05) is 13.0 Å². The van der Waals surface area contributed by atoms with Crippen LogP contribution in [-0.4, -0.2) is 46.7 Å². The van der Waals surface area contributed by atoms with Crippen LogP contribution in [0.15, 0.2) is 11.6 Å². The van der Waals surface area contributed by atoms with E-state index in [0.717, 1.165) is 56.9 Å². The Bertz CT molecular complexity index is 662. The van der Waals surface area contributed by atoms with E-state index in [1.54, 1.807) is 0 Å². The van der Waals surface area contributed by atoms with Crippen molar-refractivity contribution in [2.45, 2.75) is 205 Å². The number of esters is 1. The van der Waals surface area contributed by atoms with Crippen molar-refractivity contribution in [3.63, 3.8) is 0 Å². The molecule has 2 heterocycles. The highest BCUT2D eigenvalue weighted by atomic mass is 16.5. The Balaban J connectivity index is 1.35. The molecule has 0 aromatic heterocycles. The van der Waals surface area contributed by atoms with Crippen molar-refractivity contribution in [3.05, 3.63) is 11.6 Å². The molecule has 0 aromatic carbocycles. The first-order valence-corrected chi connectivity index (χ1v) is 17.4. The van der Waals surface area contributed by atoms with Gasteiger partial charge in [-0.25, -0.2) is 4.79 Å². The van der Waals surface area contributed by atoms with Gasteiger partial charge in [-0.3, -0.25) is 0 Å².